The highest BCUT2D eigenvalue weighted by molar-refractivity contribution is 9.09. The number of halogens is 3. The third-order valence-corrected chi connectivity index (χ3v) is 3.93. The summed E-state index contributed by atoms with van der Waals surface area (Å²) in [5.41, 5.74) is 0.413. The van der Waals surface area contributed by atoms with Crippen LogP contribution in [0.4, 0.5) is 8.78 Å². The minimum atomic E-state index is -2.91. The number of hydrogen-bond donors (Lipinski definition) is 0. The van der Waals surface area contributed by atoms with Crippen LogP contribution in [-0.4, -0.2) is 18.7 Å². The van der Waals surface area contributed by atoms with Crippen molar-refractivity contribution >= 4 is 33.5 Å². The zero-order chi connectivity index (χ0) is 13.0. The molecular formula is C11H11BrF2O2S. The molecule has 0 radical (unpaired) electrons. The van der Waals surface area contributed by atoms with Gasteiger partial charge in [0, 0.05) is 10.5 Å². The Balaban J connectivity index is 3.14. The van der Waals surface area contributed by atoms with Crippen LogP contribution in [0.25, 0.3) is 0 Å². The summed E-state index contributed by atoms with van der Waals surface area (Å²) in [6.07, 6.45) is 1.83. The van der Waals surface area contributed by atoms with Crippen molar-refractivity contribution in [1.29, 1.82) is 0 Å². The third kappa shape index (κ3) is 3.96. The van der Waals surface area contributed by atoms with Crippen LogP contribution in [-0.2, 0) is 4.79 Å². The summed E-state index contributed by atoms with van der Waals surface area (Å²) in [5, 5.41) is 0. The van der Waals surface area contributed by atoms with E-state index in [2.05, 4.69) is 20.7 Å². The Morgan fingerprint density at radius 3 is 2.59 bits per heavy atom. The van der Waals surface area contributed by atoms with Crippen LogP contribution < -0.4 is 4.74 Å². The molecule has 1 aromatic carbocycles. The van der Waals surface area contributed by atoms with E-state index in [0.717, 1.165) is 4.90 Å². The zero-order valence-corrected chi connectivity index (χ0v) is 11.6. The maximum atomic E-state index is 12.3. The van der Waals surface area contributed by atoms with Gasteiger partial charge in [0.25, 0.3) is 0 Å². The minimum absolute atomic E-state index is 0.0314. The van der Waals surface area contributed by atoms with E-state index in [1.807, 2.05) is 6.26 Å². The molecule has 0 fully saturated rings. The van der Waals surface area contributed by atoms with Crippen LogP contribution in [0.15, 0.2) is 23.1 Å². The number of carbonyl (C=O) groups is 1. The van der Waals surface area contributed by atoms with E-state index in [0.29, 0.717) is 5.56 Å². The summed E-state index contributed by atoms with van der Waals surface area (Å²) >= 11 is 4.57. The molecule has 0 spiro atoms. The quantitative estimate of drug-likeness (QED) is 0.604. The third-order valence-electron chi connectivity index (χ3n) is 2.07. The molecular weight excluding hydrogens is 314 g/mol. The highest BCUT2D eigenvalue weighted by atomic mass is 79.9. The number of rotatable bonds is 5. The second kappa shape index (κ2) is 6.35. The van der Waals surface area contributed by atoms with E-state index in [4.69, 9.17) is 0 Å². The molecule has 6 heteroatoms. The number of alkyl halides is 3. The van der Waals surface area contributed by atoms with Gasteiger partial charge in [-0.1, -0.05) is 22.0 Å². The molecule has 0 heterocycles. The van der Waals surface area contributed by atoms with Crippen molar-refractivity contribution in [2.24, 2.45) is 0 Å². The Labute approximate surface area is 111 Å². The van der Waals surface area contributed by atoms with Gasteiger partial charge in [0.2, 0.25) is 0 Å². The number of ketones is 1. The van der Waals surface area contributed by atoms with Crippen LogP contribution in [0.2, 0.25) is 0 Å². The van der Waals surface area contributed by atoms with E-state index >= 15 is 0 Å². The van der Waals surface area contributed by atoms with Crippen LogP contribution in [0, 0.1) is 0 Å². The lowest BCUT2D eigenvalue weighted by molar-refractivity contribution is -0.116. The van der Waals surface area contributed by atoms with Crippen molar-refractivity contribution in [1.82, 2.24) is 0 Å². The molecule has 0 aromatic heterocycles. The lowest BCUT2D eigenvalue weighted by Gasteiger charge is -2.14. The molecule has 1 aromatic rings. The molecule has 17 heavy (non-hydrogen) atoms. The molecule has 0 N–H and O–H groups in total. The van der Waals surface area contributed by atoms with Gasteiger partial charge < -0.3 is 4.74 Å². The van der Waals surface area contributed by atoms with E-state index in [9.17, 15) is 13.6 Å². The summed E-state index contributed by atoms with van der Waals surface area (Å²) in [4.78, 5) is 11.4. The van der Waals surface area contributed by atoms with Crippen molar-refractivity contribution in [3.05, 3.63) is 23.8 Å². The van der Waals surface area contributed by atoms with Crippen molar-refractivity contribution < 1.29 is 18.3 Å². The average molecular weight is 325 g/mol. The van der Waals surface area contributed by atoms with Gasteiger partial charge in [0.1, 0.15) is 16.4 Å². The fourth-order valence-electron chi connectivity index (χ4n) is 1.27. The molecule has 0 aliphatic heterocycles. The topological polar surface area (TPSA) is 26.3 Å². The summed E-state index contributed by atoms with van der Waals surface area (Å²) in [6, 6.07) is 4.88. The predicted molar refractivity (Wildman–Crippen MR) is 67.2 cm³/mol. The van der Waals surface area contributed by atoms with Crippen LogP contribution >= 0.6 is 27.7 Å². The normalized spacial score (nSPS) is 12.6. The molecule has 0 bridgehead atoms. The first kappa shape index (κ1) is 14.4. The number of hydrogen-bond acceptors (Lipinski definition) is 3. The number of ether oxygens (including phenoxy) is 1. The molecule has 0 saturated heterocycles. The van der Waals surface area contributed by atoms with Gasteiger partial charge in [-0.15, -0.1) is 11.8 Å². The Bertz CT molecular complexity index is 412. The molecule has 2 nitrogen and oxygen atoms in total. The Morgan fingerprint density at radius 2 is 2.12 bits per heavy atom. The summed E-state index contributed by atoms with van der Waals surface area (Å²) in [7, 11) is 0. The fourth-order valence-corrected chi connectivity index (χ4v) is 2.08. The van der Waals surface area contributed by atoms with E-state index in [-0.39, 0.29) is 11.5 Å². The highest BCUT2D eigenvalue weighted by Gasteiger charge is 2.19. The SMILES string of the molecule is CSc1ccc(C(Br)C(C)=O)c(OC(F)F)c1. The summed E-state index contributed by atoms with van der Waals surface area (Å²) < 4.78 is 29.0. The largest absolute Gasteiger partial charge is 0.434 e. The Hall–Kier alpha value is -0.620. The van der Waals surface area contributed by atoms with Crippen molar-refractivity contribution in [3.8, 4) is 5.75 Å². The van der Waals surface area contributed by atoms with E-state index in [1.54, 1.807) is 12.1 Å². The molecule has 1 atom stereocenters. The van der Waals surface area contributed by atoms with Crippen LogP contribution in [0.3, 0.4) is 0 Å². The minimum Gasteiger partial charge on any atom is -0.434 e. The van der Waals surface area contributed by atoms with E-state index in [1.165, 1.54) is 24.8 Å². The van der Waals surface area contributed by atoms with Gasteiger partial charge in [-0.2, -0.15) is 8.78 Å². The second-order valence-corrected chi connectivity index (χ2v) is 5.05. The molecule has 0 amide bonds. The monoisotopic (exact) mass is 324 g/mol. The Morgan fingerprint density at radius 1 is 1.47 bits per heavy atom. The van der Waals surface area contributed by atoms with Crippen LogP contribution in [0.1, 0.15) is 17.3 Å². The van der Waals surface area contributed by atoms with Gasteiger partial charge in [0.05, 0.1) is 0 Å². The summed E-state index contributed by atoms with van der Waals surface area (Å²) in [5.74, 6) is -0.134. The van der Waals surface area contributed by atoms with Crippen molar-refractivity contribution in [2.75, 3.05) is 6.26 Å². The second-order valence-electron chi connectivity index (χ2n) is 3.26. The van der Waals surface area contributed by atoms with Gasteiger partial charge in [0.15, 0.2) is 0 Å². The zero-order valence-electron chi connectivity index (χ0n) is 9.25. The molecule has 1 rings (SSSR count). The maximum Gasteiger partial charge on any atom is 0.387 e. The molecule has 0 aliphatic carbocycles. The maximum absolute atomic E-state index is 12.3. The lowest BCUT2D eigenvalue weighted by atomic mass is 10.1. The van der Waals surface area contributed by atoms with Crippen molar-refractivity contribution in [3.63, 3.8) is 0 Å². The standard InChI is InChI=1S/C11H11BrF2O2S/c1-6(15)10(12)8-4-3-7(17-2)5-9(8)16-11(13)14/h3-5,10-11H,1-2H3. The first-order valence-corrected chi connectivity index (χ1v) is 6.87. The van der Waals surface area contributed by atoms with Gasteiger partial charge >= 0.3 is 6.61 Å². The molecule has 0 aliphatic rings. The van der Waals surface area contributed by atoms with Crippen LogP contribution in [0.5, 0.6) is 5.75 Å². The highest BCUT2D eigenvalue weighted by Crippen LogP contribution is 2.35. The number of benzene rings is 1. The van der Waals surface area contributed by atoms with Gasteiger partial charge in [-0.3, -0.25) is 4.79 Å². The molecule has 94 valence electrons. The first-order valence-electron chi connectivity index (χ1n) is 4.73. The summed E-state index contributed by atoms with van der Waals surface area (Å²) in [6.45, 7) is -1.52. The lowest BCUT2D eigenvalue weighted by Crippen LogP contribution is -2.08. The Kier molecular flexibility index (Phi) is 5.39. The van der Waals surface area contributed by atoms with Gasteiger partial charge in [-0.05, 0) is 25.3 Å². The number of thioether (sulfide) groups is 1. The predicted octanol–water partition coefficient (Wildman–Crippen LogP) is 4.03. The fraction of sp³-hybridized carbons (Fsp3) is 0.364. The molecule has 1 unspecified atom stereocenters. The number of carbonyl (C=O) groups excluding carboxylic acids is 1. The first-order chi connectivity index (χ1) is 7.95. The van der Waals surface area contributed by atoms with Gasteiger partial charge in [-0.25, -0.2) is 0 Å². The van der Waals surface area contributed by atoms with Crippen molar-refractivity contribution in [2.45, 2.75) is 23.3 Å². The average Bonchev–Trinajstić information content (AvgIpc) is 2.27. The number of Topliss-reactive ketones (excluding diaryl/α,β-unsaturated/α-hetero) is 1. The smallest absolute Gasteiger partial charge is 0.387 e. The molecule has 0 saturated carbocycles. The van der Waals surface area contributed by atoms with E-state index < -0.39 is 11.4 Å².